The first-order valence-corrected chi connectivity index (χ1v) is 9.88. The summed E-state index contributed by atoms with van der Waals surface area (Å²) in [6.07, 6.45) is -1.60. The number of carbonyl (C=O) groups is 4. The van der Waals surface area contributed by atoms with Gasteiger partial charge >= 0.3 is 40.9 Å². The lowest BCUT2D eigenvalue weighted by molar-refractivity contribution is -0.148. The second kappa shape index (κ2) is 13.6. The summed E-state index contributed by atoms with van der Waals surface area (Å²) < 4.78 is 11.5. The van der Waals surface area contributed by atoms with Crippen LogP contribution < -0.4 is 17.1 Å². The third kappa shape index (κ3) is 9.10. The SMILES string of the molecule is O=C(O)CCC(=O)OCCCn1c(=O)n(CCO)c(=O)n(CCOC(=O)CCC(=O)O)c1=O. The van der Waals surface area contributed by atoms with E-state index in [-0.39, 0.29) is 26.0 Å². The highest BCUT2D eigenvalue weighted by molar-refractivity contribution is 5.77. The van der Waals surface area contributed by atoms with Gasteiger partial charge < -0.3 is 24.8 Å². The van der Waals surface area contributed by atoms with E-state index in [1.54, 1.807) is 0 Å². The van der Waals surface area contributed by atoms with Gasteiger partial charge in [0.1, 0.15) is 6.61 Å². The largest absolute Gasteiger partial charge is 0.481 e. The lowest BCUT2D eigenvalue weighted by Crippen LogP contribution is -2.55. The van der Waals surface area contributed by atoms with Crippen molar-refractivity contribution in [3.8, 4) is 0 Å². The maximum absolute atomic E-state index is 12.6. The maximum atomic E-state index is 12.6. The Bertz CT molecular complexity index is 1040. The van der Waals surface area contributed by atoms with E-state index in [1.165, 1.54) is 0 Å². The number of hydrogen-bond acceptors (Lipinski definition) is 10. The molecule has 0 aliphatic carbocycles. The highest BCUT2D eigenvalue weighted by Gasteiger charge is 2.16. The first-order valence-electron chi connectivity index (χ1n) is 9.88. The highest BCUT2D eigenvalue weighted by Crippen LogP contribution is 1.95. The Morgan fingerprint density at radius 1 is 0.636 bits per heavy atom. The van der Waals surface area contributed by atoms with Crippen LogP contribution in [-0.4, -0.2) is 72.7 Å². The molecule has 1 aromatic heterocycles. The summed E-state index contributed by atoms with van der Waals surface area (Å²) in [7, 11) is 0. The van der Waals surface area contributed by atoms with Gasteiger partial charge in [0, 0.05) is 6.54 Å². The van der Waals surface area contributed by atoms with Gasteiger partial charge in [0.2, 0.25) is 0 Å². The van der Waals surface area contributed by atoms with Crippen LogP contribution in [0.5, 0.6) is 0 Å². The van der Waals surface area contributed by atoms with Crippen LogP contribution in [0.3, 0.4) is 0 Å². The molecule has 1 heterocycles. The predicted octanol–water partition coefficient (Wildman–Crippen LogP) is -2.63. The van der Waals surface area contributed by atoms with E-state index in [1.807, 2.05) is 0 Å². The number of carbonyl (C=O) groups excluding carboxylic acids is 2. The summed E-state index contributed by atoms with van der Waals surface area (Å²) in [5.41, 5.74) is -3.04. The van der Waals surface area contributed by atoms with Crippen LogP contribution in [0.15, 0.2) is 14.4 Å². The average molecular weight is 475 g/mol. The average Bonchev–Trinajstić information content (AvgIpc) is 2.75. The van der Waals surface area contributed by atoms with Crippen molar-refractivity contribution in [2.75, 3.05) is 19.8 Å². The van der Waals surface area contributed by atoms with Crippen molar-refractivity contribution in [2.45, 2.75) is 51.7 Å². The summed E-state index contributed by atoms with van der Waals surface area (Å²) >= 11 is 0. The van der Waals surface area contributed by atoms with Crippen molar-refractivity contribution in [2.24, 2.45) is 0 Å². The summed E-state index contributed by atoms with van der Waals surface area (Å²) in [5, 5.41) is 26.2. The van der Waals surface area contributed by atoms with Crippen LogP contribution in [0.4, 0.5) is 0 Å². The number of ether oxygens (including phenoxy) is 2. The van der Waals surface area contributed by atoms with Crippen LogP contribution in [0.25, 0.3) is 0 Å². The van der Waals surface area contributed by atoms with E-state index in [9.17, 15) is 33.6 Å². The molecule has 0 atom stereocenters. The third-order valence-corrected chi connectivity index (χ3v) is 4.16. The lowest BCUT2D eigenvalue weighted by Gasteiger charge is -2.13. The minimum Gasteiger partial charge on any atom is -0.481 e. The van der Waals surface area contributed by atoms with E-state index in [0.717, 1.165) is 0 Å². The number of aliphatic carboxylic acids is 2. The molecule has 15 nitrogen and oxygen atoms in total. The molecular weight excluding hydrogens is 450 g/mol. The van der Waals surface area contributed by atoms with Gasteiger partial charge in [-0.1, -0.05) is 0 Å². The molecule has 0 unspecified atom stereocenters. The molecule has 15 heteroatoms. The van der Waals surface area contributed by atoms with E-state index < -0.39 is 86.5 Å². The zero-order chi connectivity index (χ0) is 25.0. The molecule has 1 rings (SSSR count). The second-order valence-electron chi connectivity index (χ2n) is 6.61. The van der Waals surface area contributed by atoms with Gasteiger partial charge in [-0.3, -0.25) is 19.2 Å². The van der Waals surface area contributed by atoms with Crippen LogP contribution in [0.1, 0.15) is 32.1 Å². The topological polar surface area (TPSA) is 213 Å². The molecule has 0 spiro atoms. The van der Waals surface area contributed by atoms with Crippen LogP contribution in [0, 0.1) is 0 Å². The molecule has 0 bridgehead atoms. The van der Waals surface area contributed by atoms with Crippen molar-refractivity contribution in [1.29, 1.82) is 0 Å². The zero-order valence-corrected chi connectivity index (χ0v) is 17.6. The zero-order valence-electron chi connectivity index (χ0n) is 17.6. The number of hydrogen-bond donors (Lipinski definition) is 3. The molecule has 33 heavy (non-hydrogen) atoms. The Kier molecular flexibility index (Phi) is 11.3. The van der Waals surface area contributed by atoms with Gasteiger partial charge in [-0.15, -0.1) is 0 Å². The first-order chi connectivity index (χ1) is 15.6. The molecule has 184 valence electrons. The number of aromatic nitrogens is 3. The molecule has 0 aromatic carbocycles. The molecular formula is C18H25N3O12. The van der Waals surface area contributed by atoms with E-state index in [4.69, 9.17) is 24.8 Å². The molecule has 0 saturated carbocycles. The monoisotopic (exact) mass is 475 g/mol. The maximum Gasteiger partial charge on any atom is 0.336 e. The smallest absolute Gasteiger partial charge is 0.336 e. The second-order valence-corrected chi connectivity index (χ2v) is 6.61. The minimum absolute atomic E-state index is 0.00450. The summed E-state index contributed by atoms with van der Waals surface area (Å²) in [6.45, 7) is -2.31. The Morgan fingerprint density at radius 2 is 1.06 bits per heavy atom. The molecule has 0 aliphatic rings. The van der Waals surface area contributed by atoms with Gasteiger partial charge in [-0.25, -0.2) is 28.1 Å². The number of carboxylic acids is 2. The fourth-order valence-corrected chi connectivity index (χ4v) is 2.58. The standard InChI is InChI=1S/C18H25N3O12/c22-9-7-20-16(29)19(6-1-10-32-14(27)4-2-12(23)24)17(30)21(18(20)31)8-11-33-15(28)5-3-13(25)26/h22H,1-11H2,(H,23,24)(H,25,26). The highest BCUT2D eigenvalue weighted by atomic mass is 16.5. The fraction of sp³-hybridized carbons (Fsp3) is 0.611. The Hall–Kier alpha value is -3.75. The van der Waals surface area contributed by atoms with E-state index >= 15 is 0 Å². The van der Waals surface area contributed by atoms with Gasteiger partial charge in [0.05, 0.1) is 52.0 Å². The predicted molar refractivity (Wildman–Crippen MR) is 107 cm³/mol. The van der Waals surface area contributed by atoms with Crippen LogP contribution >= 0.6 is 0 Å². The molecule has 0 aliphatic heterocycles. The minimum atomic E-state index is -1.20. The van der Waals surface area contributed by atoms with Crippen LogP contribution in [0.2, 0.25) is 0 Å². The number of nitrogens with zero attached hydrogens (tertiary/aromatic N) is 3. The molecule has 0 fully saturated rings. The lowest BCUT2D eigenvalue weighted by atomic mass is 10.3. The molecule has 0 saturated heterocycles. The van der Waals surface area contributed by atoms with Gasteiger partial charge in [-0.05, 0) is 6.42 Å². The number of rotatable bonds is 15. The number of carboxylic acid groups (broad SMARTS) is 2. The quantitative estimate of drug-likeness (QED) is 0.175. The van der Waals surface area contributed by atoms with Crippen molar-refractivity contribution < 1.29 is 44.0 Å². The first kappa shape index (κ1) is 27.3. The van der Waals surface area contributed by atoms with Gasteiger partial charge in [-0.2, -0.15) is 0 Å². The molecule has 0 radical (unpaired) electrons. The van der Waals surface area contributed by atoms with Gasteiger partial charge in [0.15, 0.2) is 0 Å². The number of aliphatic hydroxyl groups is 1. The van der Waals surface area contributed by atoms with E-state index in [0.29, 0.717) is 13.7 Å². The fourth-order valence-electron chi connectivity index (χ4n) is 2.58. The van der Waals surface area contributed by atoms with E-state index in [2.05, 4.69) is 0 Å². The Morgan fingerprint density at radius 3 is 1.52 bits per heavy atom. The number of esters is 2. The molecule has 0 amide bonds. The summed E-state index contributed by atoms with van der Waals surface area (Å²) in [4.78, 5) is 81.4. The Balaban J connectivity index is 2.89. The molecule has 3 N–H and O–H groups in total. The molecule has 1 aromatic rings. The summed E-state index contributed by atoms with van der Waals surface area (Å²) in [5.74, 6) is -3.98. The number of aliphatic hydroxyl groups excluding tert-OH is 1. The van der Waals surface area contributed by atoms with Crippen molar-refractivity contribution in [3.63, 3.8) is 0 Å². The Labute approximate surface area is 185 Å². The van der Waals surface area contributed by atoms with Crippen molar-refractivity contribution in [1.82, 2.24) is 13.7 Å². The van der Waals surface area contributed by atoms with Crippen LogP contribution in [-0.2, 0) is 48.3 Å². The van der Waals surface area contributed by atoms with Gasteiger partial charge in [0.25, 0.3) is 0 Å². The van der Waals surface area contributed by atoms with Crippen molar-refractivity contribution in [3.05, 3.63) is 31.5 Å². The third-order valence-electron chi connectivity index (χ3n) is 4.16. The normalized spacial score (nSPS) is 10.6. The summed E-state index contributed by atoms with van der Waals surface area (Å²) in [6, 6.07) is 0. The van der Waals surface area contributed by atoms with Crippen molar-refractivity contribution >= 4 is 23.9 Å².